The van der Waals surface area contributed by atoms with E-state index in [1.165, 1.54) is 6.20 Å². The van der Waals surface area contributed by atoms with Gasteiger partial charge in [0.05, 0.1) is 11.9 Å². The van der Waals surface area contributed by atoms with Crippen LogP contribution < -0.4 is 0 Å². The molecule has 4 heteroatoms. The SMILES string of the molecule is CCc1cncc(C(C)(F)F)n1. The second-order valence-electron chi connectivity index (χ2n) is 2.64. The first-order chi connectivity index (χ1) is 5.54. The highest BCUT2D eigenvalue weighted by Crippen LogP contribution is 2.24. The number of aromatic nitrogens is 2. The zero-order valence-electron chi connectivity index (χ0n) is 7.01. The summed E-state index contributed by atoms with van der Waals surface area (Å²) in [5.74, 6) is -2.89. The van der Waals surface area contributed by atoms with Gasteiger partial charge in [0.25, 0.3) is 5.92 Å². The van der Waals surface area contributed by atoms with Crippen LogP contribution in [0.2, 0.25) is 0 Å². The lowest BCUT2D eigenvalue weighted by Crippen LogP contribution is -2.11. The first-order valence-corrected chi connectivity index (χ1v) is 3.73. The Labute approximate surface area is 69.7 Å². The lowest BCUT2D eigenvalue weighted by molar-refractivity contribution is 0.0121. The molecule has 0 saturated heterocycles. The third-order valence-electron chi connectivity index (χ3n) is 1.50. The second-order valence-corrected chi connectivity index (χ2v) is 2.64. The summed E-state index contributed by atoms with van der Waals surface area (Å²) in [5.41, 5.74) is 0.330. The van der Waals surface area contributed by atoms with Crippen molar-refractivity contribution in [3.63, 3.8) is 0 Å². The van der Waals surface area contributed by atoms with E-state index in [4.69, 9.17) is 0 Å². The third kappa shape index (κ3) is 1.96. The molecule has 1 aromatic rings. The Morgan fingerprint density at radius 3 is 2.58 bits per heavy atom. The Morgan fingerprint density at radius 2 is 2.08 bits per heavy atom. The molecule has 0 N–H and O–H groups in total. The molecule has 0 aliphatic heterocycles. The van der Waals surface area contributed by atoms with Gasteiger partial charge in [-0.1, -0.05) is 6.92 Å². The van der Waals surface area contributed by atoms with Gasteiger partial charge in [0.15, 0.2) is 0 Å². The molecular weight excluding hydrogens is 162 g/mol. The summed E-state index contributed by atoms with van der Waals surface area (Å²) in [4.78, 5) is 7.43. The first-order valence-electron chi connectivity index (χ1n) is 3.73. The average molecular weight is 172 g/mol. The van der Waals surface area contributed by atoms with Gasteiger partial charge in [-0.25, -0.2) is 4.98 Å². The summed E-state index contributed by atoms with van der Waals surface area (Å²) < 4.78 is 25.3. The summed E-state index contributed by atoms with van der Waals surface area (Å²) in [5, 5.41) is 0. The van der Waals surface area contributed by atoms with E-state index >= 15 is 0 Å². The minimum Gasteiger partial charge on any atom is -0.261 e. The van der Waals surface area contributed by atoms with E-state index < -0.39 is 5.92 Å². The van der Waals surface area contributed by atoms with Crippen LogP contribution in [0.4, 0.5) is 8.78 Å². The molecule has 1 rings (SSSR count). The maximum absolute atomic E-state index is 12.7. The molecule has 2 nitrogen and oxygen atoms in total. The zero-order chi connectivity index (χ0) is 9.19. The number of halogens is 2. The van der Waals surface area contributed by atoms with Crippen molar-refractivity contribution >= 4 is 0 Å². The predicted molar refractivity (Wildman–Crippen MR) is 41.0 cm³/mol. The van der Waals surface area contributed by atoms with Gasteiger partial charge in [-0.2, -0.15) is 8.78 Å². The summed E-state index contributed by atoms with van der Waals surface area (Å²) in [6.45, 7) is 2.66. The highest BCUT2D eigenvalue weighted by molar-refractivity contribution is 5.07. The lowest BCUT2D eigenvalue weighted by atomic mass is 10.2. The van der Waals surface area contributed by atoms with Gasteiger partial charge in [0.2, 0.25) is 0 Å². The number of hydrogen-bond donors (Lipinski definition) is 0. The van der Waals surface area contributed by atoms with Gasteiger partial charge in [0.1, 0.15) is 5.69 Å². The van der Waals surface area contributed by atoms with Crippen LogP contribution >= 0.6 is 0 Å². The Morgan fingerprint density at radius 1 is 1.42 bits per heavy atom. The molecule has 0 saturated carbocycles. The van der Waals surface area contributed by atoms with E-state index in [9.17, 15) is 8.78 Å². The van der Waals surface area contributed by atoms with Crippen LogP contribution in [-0.4, -0.2) is 9.97 Å². The fourth-order valence-electron chi connectivity index (χ4n) is 0.788. The van der Waals surface area contributed by atoms with Gasteiger partial charge in [0, 0.05) is 13.1 Å². The van der Waals surface area contributed by atoms with Gasteiger partial charge in [-0.15, -0.1) is 0 Å². The molecule has 0 spiro atoms. The number of nitrogens with zero attached hydrogens (tertiary/aromatic N) is 2. The number of rotatable bonds is 2. The molecule has 0 aliphatic rings. The molecule has 66 valence electrons. The quantitative estimate of drug-likeness (QED) is 0.683. The van der Waals surface area contributed by atoms with Crippen molar-refractivity contribution in [2.24, 2.45) is 0 Å². The largest absolute Gasteiger partial charge is 0.288 e. The molecule has 0 aliphatic carbocycles. The van der Waals surface area contributed by atoms with E-state index in [2.05, 4.69) is 9.97 Å². The highest BCUT2D eigenvalue weighted by Gasteiger charge is 2.26. The molecular formula is C8H10F2N2. The van der Waals surface area contributed by atoms with E-state index in [0.29, 0.717) is 12.1 Å². The van der Waals surface area contributed by atoms with Crippen LogP contribution in [-0.2, 0) is 12.3 Å². The normalized spacial score (nSPS) is 11.7. The molecule has 12 heavy (non-hydrogen) atoms. The smallest absolute Gasteiger partial charge is 0.261 e. The van der Waals surface area contributed by atoms with Gasteiger partial charge >= 0.3 is 0 Å². The molecule has 0 amide bonds. The van der Waals surface area contributed by atoms with Crippen molar-refractivity contribution in [3.8, 4) is 0 Å². The topological polar surface area (TPSA) is 25.8 Å². The van der Waals surface area contributed by atoms with Gasteiger partial charge in [-0.05, 0) is 6.42 Å². The van der Waals surface area contributed by atoms with Crippen molar-refractivity contribution in [2.75, 3.05) is 0 Å². The molecule has 0 unspecified atom stereocenters. The molecule has 0 fully saturated rings. The zero-order valence-corrected chi connectivity index (χ0v) is 7.01. The van der Waals surface area contributed by atoms with Gasteiger partial charge in [-0.3, -0.25) is 4.98 Å². The average Bonchev–Trinajstić information content (AvgIpc) is 2.03. The molecule has 0 bridgehead atoms. The summed E-state index contributed by atoms with van der Waals surface area (Å²) in [7, 11) is 0. The van der Waals surface area contributed by atoms with E-state index in [1.807, 2.05) is 6.92 Å². The maximum Gasteiger partial charge on any atom is 0.288 e. The Hall–Kier alpha value is -1.06. The lowest BCUT2D eigenvalue weighted by Gasteiger charge is -2.08. The first kappa shape index (κ1) is 9.03. The molecule has 0 atom stereocenters. The third-order valence-corrected chi connectivity index (χ3v) is 1.50. The molecule has 0 radical (unpaired) electrons. The standard InChI is InChI=1S/C8H10F2N2/c1-3-6-4-11-5-7(12-6)8(2,9)10/h4-5H,3H2,1-2H3. The van der Waals surface area contributed by atoms with Crippen LogP contribution in [0.5, 0.6) is 0 Å². The van der Waals surface area contributed by atoms with Crippen molar-refractivity contribution < 1.29 is 8.78 Å². The Balaban J connectivity index is 3.02. The maximum atomic E-state index is 12.7. The van der Waals surface area contributed by atoms with Crippen LogP contribution in [0.25, 0.3) is 0 Å². The molecule has 1 heterocycles. The highest BCUT2D eigenvalue weighted by atomic mass is 19.3. The number of hydrogen-bond acceptors (Lipinski definition) is 2. The van der Waals surface area contributed by atoms with Crippen LogP contribution in [0.1, 0.15) is 25.2 Å². The van der Waals surface area contributed by atoms with Crippen molar-refractivity contribution in [1.82, 2.24) is 9.97 Å². The fraction of sp³-hybridized carbons (Fsp3) is 0.500. The number of aryl methyl sites for hydroxylation is 1. The summed E-state index contributed by atoms with van der Waals surface area (Å²) >= 11 is 0. The molecule has 1 aromatic heterocycles. The van der Waals surface area contributed by atoms with E-state index in [1.54, 1.807) is 0 Å². The van der Waals surface area contributed by atoms with Crippen LogP contribution in [0, 0.1) is 0 Å². The predicted octanol–water partition coefficient (Wildman–Crippen LogP) is 2.15. The second kappa shape index (κ2) is 3.13. The van der Waals surface area contributed by atoms with Gasteiger partial charge < -0.3 is 0 Å². The molecule has 0 aromatic carbocycles. The van der Waals surface area contributed by atoms with Crippen molar-refractivity contribution in [1.29, 1.82) is 0 Å². The monoisotopic (exact) mass is 172 g/mol. The number of alkyl halides is 2. The van der Waals surface area contributed by atoms with Crippen LogP contribution in [0.15, 0.2) is 12.4 Å². The van der Waals surface area contributed by atoms with Crippen molar-refractivity contribution in [3.05, 3.63) is 23.8 Å². The van der Waals surface area contributed by atoms with E-state index in [-0.39, 0.29) is 5.69 Å². The minimum atomic E-state index is -2.89. The minimum absolute atomic E-state index is 0.262. The summed E-state index contributed by atoms with van der Waals surface area (Å²) in [6.07, 6.45) is 3.21. The van der Waals surface area contributed by atoms with Crippen LogP contribution in [0.3, 0.4) is 0 Å². The Bertz CT molecular complexity index is 268. The Kier molecular flexibility index (Phi) is 2.35. The summed E-state index contributed by atoms with van der Waals surface area (Å²) in [6, 6.07) is 0. The van der Waals surface area contributed by atoms with E-state index in [0.717, 1.165) is 13.1 Å². The fourth-order valence-corrected chi connectivity index (χ4v) is 0.788. The van der Waals surface area contributed by atoms with Crippen molar-refractivity contribution in [2.45, 2.75) is 26.2 Å².